The number of benzene rings is 2. The molecule has 31 heavy (non-hydrogen) atoms. The van der Waals surface area contributed by atoms with Crippen molar-refractivity contribution in [3.05, 3.63) is 59.0 Å². The van der Waals surface area contributed by atoms with E-state index in [4.69, 9.17) is 0 Å². The molecule has 1 N–H and O–H groups in total. The number of rotatable bonds is 2. The lowest BCUT2D eigenvalue weighted by Crippen LogP contribution is -2.56. The molecule has 0 aromatic heterocycles. The first kappa shape index (κ1) is 21.1. The normalized spacial score (nSPS) is 22.8. The van der Waals surface area contributed by atoms with Gasteiger partial charge < -0.3 is 9.84 Å². The van der Waals surface area contributed by atoms with Gasteiger partial charge in [0.1, 0.15) is 0 Å². The molecule has 2 aliphatic rings. The SMILES string of the molecule is COC(=O)C=C1SC(N2N=C(c3ccc4ccccc4c3)CC2(O)C(F)(F)F)=NC1=O. The van der Waals surface area contributed by atoms with Gasteiger partial charge in [0.2, 0.25) is 0 Å². The number of halogens is 3. The molecular formula is C20H14F3N3O4S. The lowest BCUT2D eigenvalue weighted by Gasteiger charge is -2.33. The minimum Gasteiger partial charge on any atom is -0.466 e. The minimum absolute atomic E-state index is 0.0216. The van der Waals surface area contributed by atoms with Crippen LogP contribution in [-0.4, -0.2) is 51.9 Å². The van der Waals surface area contributed by atoms with E-state index in [-0.39, 0.29) is 15.6 Å². The number of hydrogen-bond donors (Lipinski definition) is 1. The van der Waals surface area contributed by atoms with E-state index in [1.54, 1.807) is 24.3 Å². The van der Waals surface area contributed by atoms with Gasteiger partial charge >= 0.3 is 12.1 Å². The summed E-state index contributed by atoms with van der Waals surface area (Å²) in [5.41, 5.74) is -3.03. The second kappa shape index (κ2) is 7.50. The molecule has 1 atom stereocenters. The Morgan fingerprint density at radius 3 is 2.65 bits per heavy atom. The van der Waals surface area contributed by atoms with Gasteiger partial charge in [-0.15, -0.1) is 0 Å². The van der Waals surface area contributed by atoms with Gasteiger partial charge in [-0.3, -0.25) is 4.79 Å². The molecule has 2 heterocycles. The third kappa shape index (κ3) is 3.70. The number of thioether (sulfide) groups is 1. The highest BCUT2D eigenvalue weighted by atomic mass is 32.2. The number of carbonyl (C=O) groups excluding carboxylic acids is 2. The fourth-order valence-electron chi connectivity index (χ4n) is 3.15. The third-order valence-corrected chi connectivity index (χ3v) is 5.72. The first-order valence-corrected chi connectivity index (χ1v) is 9.70. The van der Waals surface area contributed by atoms with Gasteiger partial charge in [0.25, 0.3) is 11.6 Å². The molecule has 0 fully saturated rings. The summed E-state index contributed by atoms with van der Waals surface area (Å²) in [5.74, 6) is -1.79. The number of hydrazone groups is 1. The molecule has 0 aliphatic carbocycles. The fraction of sp³-hybridized carbons (Fsp3) is 0.200. The van der Waals surface area contributed by atoms with Crippen molar-refractivity contribution in [2.45, 2.75) is 18.3 Å². The second-order valence-electron chi connectivity index (χ2n) is 6.74. The number of amidine groups is 1. The van der Waals surface area contributed by atoms with Gasteiger partial charge in [-0.05, 0) is 34.2 Å². The summed E-state index contributed by atoms with van der Waals surface area (Å²) < 4.78 is 46.0. The highest BCUT2D eigenvalue weighted by Crippen LogP contribution is 2.44. The molecule has 0 saturated carbocycles. The van der Waals surface area contributed by atoms with Gasteiger partial charge in [-0.2, -0.15) is 28.3 Å². The minimum atomic E-state index is -5.10. The van der Waals surface area contributed by atoms with Gasteiger partial charge in [0, 0.05) is 6.08 Å². The summed E-state index contributed by atoms with van der Waals surface area (Å²) in [4.78, 5) is 26.7. The topological polar surface area (TPSA) is 91.6 Å². The van der Waals surface area contributed by atoms with Crippen LogP contribution in [-0.2, 0) is 14.3 Å². The Hall–Kier alpha value is -3.18. The van der Waals surface area contributed by atoms with Crippen LogP contribution in [0.25, 0.3) is 10.8 Å². The third-order valence-electron chi connectivity index (χ3n) is 4.76. The number of hydrogen-bond acceptors (Lipinski definition) is 7. The zero-order valence-corrected chi connectivity index (χ0v) is 16.7. The predicted molar refractivity (Wildman–Crippen MR) is 108 cm³/mol. The predicted octanol–water partition coefficient (Wildman–Crippen LogP) is 3.19. The van der Waals surface area contributed by atoms with E-state index < -0.39 is 35.4 Å². The molecule has 1 unspecified atom stereocenters. The molecule has 0 bridgehead atoms. The van der Waals surface area contributed by atoms with Crippen LogP contribution >= 0.6 is 11.8 Å². The van der Waals surface area contributed by atoms with E-state index >= 15 is 0 Å². The Kier molecular flexibility index (Phi) is 5.10. The number of aliphatic imine (C=N–C) groups is 1. The Morgan fingerprint density at radius 1 is 1.26 bits per heavy atom. The van der Waals surface area contributed by atoms with Crippen molar-refractivity contribution in [1.82, 2.24) is 5.01 Å². The van der Waals surface area contributed by atoms with Gasteiger partial charge in [0.05, 0.1) is 24.1 Å². The van der Waals surface area contributed by atoms with E-state index in [1.165, 1.54) is 0 Å². The number of ether oxygens (including phenoxy) is 1. The van der Waals surface area contributed by atoms with Gasteiger partial charge in [0.15, 0.2) is 5.17 Å². The molecule has 0 radical (unpaired) electrons. The highest BCUT2D eigenvalue weighted by Gasteiger charge is 2.63. The summed E-state index contributed by atoms with van der Waals surface area (Å²) in [7, 11) is 1.09. The quantitative estimate of drug-likeness (QED) is 0.559. The number of nitrogens with zero attached hydrogens (tertiary/aromatic N) is 3. The molecule has 7 nitrogen and oxygen atoms in total. The van der Waals surface area contributed by atoms with Crippen molar-refractivity contribution in [3.8, 4) is 0 Å². The van der Waals surface area contributed by atoms with E-state index in [2.05, 4.69) is 14.8 Å². The van der Waals surface area contributed by atoms with Crippen LogP contribution in [0.5, 0.6) is 0 Å². The van der Waals surface area contributed by atoms with Crippen molar-refractivity contribution < 1.29 is 32.6 Å². The van der Waals surface area contributed by atoms with E-state index in [1.807, 2.05) is 18.2 Å². The molecule has 2 aromatic rings. The number of amides is 1. The van der Waals surface area contributed by atoms with Crippen LogP contribution in [0.4, 0.5) is 13.2 Å². The second-order valence-corrected chi connectivity index (χ2v) is 7.75. The fourth-order valence-corrected chi connectivity index (χ4v) is 4.04. The van der Waals surface area contributed by atoms with Crippen LogP contribution in [0.3, 0.4) is 0 Å². The molecule has 1 amide bonds. The first-order chi connectivity index (χ1) is 14.6. The summed E-state index contributed by atoms with van der Waals surface area (Å²) in [5, 5.41) is 16.0. The maximum Gasteiger partial charge on any atom is 0.438 e. The van der Waals surface area contributed by atoms with Crippen LogP contribution in [0, 0.1) is 0 Å². The molecule has 0 spiro atoms. The smallest absolute Gasteiger partial charge is 0.438 e. The van der Waals surface area contributed by atoms with E-state index in [0.717, 1.165) is 24.0 Å². The lowest BCUT2D eigenvalue weighted by atomic mass is 9.98. The van der Waals surface area contributed by atoms with Gasteiger partial charge in [-0.25, -0.2) is 4.79 Å². The van der Waals surface area contributed by atoms with Crippen LogP contribution in [0.15, 0.2) is 63.5 Å². The average Bonchev–Trinajstić information content (AvgIpc) is 3.28. The zero-order chi connectivity index (χ0) is 22.4. The van der Waals surface area contributed by atoms with Gasteiger partial charge in [-0.1, -0.05) is 36.4 Å². The zero-order valence-electron chi connectivity index (χ0n) is 15.9. The largest absolute Gasteiger partial charge is 0.466 e. The maximum absolute atomic E-state index is 13.8. The Balaban J connectivity index is 1.74. The molecule has 4 rings (SSSR count). The summed E-state index contributed by atoms with van der Waals surface area (Å²) in [6.07, 6.45) is -5.14. The summed E-state index contributed by atoms with van der Waals surface area (Å²) in [6, 6.07) is 12.3. The molecule has 2 aliphatic heterocycles. The van der Waals surface area contributed by atoms with E-state index in [0.29, 0.717) is 17.3 Å². The highest BCUT2D eigenvalue weighted by molar-refractivity contribution is 8.18. The Bertz CT molecular complexity index is 1190. The van der Waals surface area contributed by atoms with Crippen LogP contribution < -0.4 is 0 Å². The number of aliphatic hydroxyl groups is 1. The number of esters is 1. The van der Waals surface area contributed by atoms with Crippen molar-refractivity contribution in [2.75, 3.05) is 7.11 Å². The maximum atomic E-state index is 13.8. The number of fused-ring (bicyclic) bond motifs is 1. The number of carbonyl (C=O) groups is 2. The molecule has 0 saturated heterocycles. The Labute approximate surface area is 177 Å². The first-order valence-electron chi connectivity index (χ1n) is 8.89. The molecule has 160 valence electrons. The standard InChI is InChI=1S/C20H14F3N3O4S/c1-30-16(27)9-15-17(28)24-18(31-15)26-19(29,20(21,22)23)10-14(25-26)13-7-6-11-4-2-3-5-12(11)8-13/h2-9,29H,10H2,1H3. The average molecular weight is 449 g/mol. The van der Waals surface area contributed by atoms with Crippen LogP contribution in [0.1, 0.15) is 12.0 Å². The summed E-state index contributed by atoms with van der Waals surface area (Å²) >= 11 is 0.497. The molecular weight excluding hydrogens is 435 g/mol. The van der Waals surface area contributed by atoms with Crippen molar-refractivity contribution in [3.63, 3.8) is 0 Å². The van der Waals surface area contributed by atoms with Crippen molar-refractivity contribution in [2.24, 2.45) is 10.1 Å². The van der Waals surface area contributed by atoms with Crippen LogP contribution in [0.2, 0.25) is 0 Å². The van der Waals surface area contributed by atoms with Crippen molar-refractivity contribution in [1.29, 1.82) is 0 Å². The number of alkyl halides is 3. The summed E-state index contributed by atoms with van der Waals surface area (Å²) in [6.45, 7) is 0. The monoisotopic (exact) mass is 449 g/mol. The number of methoxy groups -OCH3 is 1. The van der Waals surface area contributed by atoms with Crippen molar-refractivity contribution >= 4 is 45.3 Å². The van der Waals surface area contributed by atoms with E-state index in [9.17, 15) is 27.9 Å². The lowest BCUT2D eigenvalue weighted by molar-refractivity contribution is -0.294. The molecule has 11 heteroatoms. The Morgan fingerprint density at radius 2 is 1.97 bits per heavy atom. The molecule has 2 aromatic carbocycles.